The highest BCUT2D eigenvalue weighted by Crippen LogP contribution is 2.12. The summed E-state index contributed by atoms with van der Waals surface area (Å²) in [5.74, 6) is 0. The monoisotopic (exact) mass is 196 g/mol. The number of hydrogen-bond acceptors (Lipinski definition) is 1. The summed E-state index contributed by atoms with van der Waals surface area (Å²) in [5.41, 5.74) is 2.02. The standard InChI is InChI=1S/C8H7ClN2.C2H6/c1-6-5-10-8-4-7(9)2-3-11(6)8;1-2/h2-5H,1H3;1-2H3. The Kier molecular flexibility index (Phi) is 3.32. The second-order valence-corrected chi connectivity index (χ2v) is 2.91. The highest BCUT2D eigenvalue weighted by molar-refractivity contribution is 6.30. The molecule has 2 aromatic heterocycles. The molecule has 2 rings (SSSR count). The third-order valence-corrected chi connectivity index (χ3v) is 1.90. The molecule has 70 valence electrons. The van der Waals surface area contributed by atoms with Gasteiger partial charge in [0, 0.05) is 23.1 Å². The molecule has 0 atom stereocenters. The minimum Gasteiger partial charge on any atom is -0.304 e. The van der Waals surface area contributed by atoms with E-state index in [-0.39, 0.29) is 0 Å². The van der Waals surface area contributed by atoms with Crippen LogP contribution in [0.4, 0.5) is 0 Å². The number of imidazole rings is 1. The van der Waals surface area contributed by atoms with Crippen LogP contribution in [0.2, 0.25) is 5.02 Å². The maximum atomic E-state index is 5.77. The van der Waals surface area contributed by atoms with Gasteiger partial charge in [-0.25, -0.2) is 4.98 Å². The van der Waals surface area contributed by atoms with Crippen LogP contribution >= 0.6 is 11.6 Å². The number of fused-ring (bicyclic) bond motifs is 1. The Morgan fingerprint density at radius 1 is 1.38 bits per heavy atom. The molecule has 0 unspecified atom stereocenters. The van der Waals surface area contributed by atoms with Gasteiger partial charge >= 0.3 is 0 Å². The molecule has 0 aliphatic rings. The molecule has 0 aliphatic carbocycles. The van der Waals surface area contributed by atoms with Crippen molar-refractivity contribution in [2.45, 2.75) is 20.8 Å². The molecule has 2 nitrogen and oxygen atoms in total. The van der Waals surface area contributed by atoms with E-state index in [1.807, 2.05) is 49.7 Å². The zero-order chi connectivity index (χ0) is 9.84. The van der Waals surface area contributed by atoms with E-state index in [1.54, 1.807) is 0 Å². The predicted octanol–water partition coefficient (Wildman–Crippen LogP) is 3.32. The highest BCUT2D eigenvalue weighted by atomic mass is 35.5. The van der Waals surface area contributed by atoms with E-state index in [4.69, 9.17) is 11.6 Å². The zero-order valence-electron chi connectivity index (χ0n) is 8.08. The molecular weight excluding hydrogens is 184 g/mol. The van der Waals surface area contributed by atoms with Crippen LogP contribution in [0.15, 0.2) is 24.5 Å². The Bertz CT molecular complexity index is 393. The molecule has 0 radical (unpaired) electrons. The van der Waals surface area contributed by atoms with E-state index in [0.717, 1.165) is 16.4 Å². The smallest absolute Gasteiger partial charge is 0.138 e. The van der Waals surface area contributed by atoms with Gasteiger partial charge in [0.25, 0.3) is 0 Å². The van der Waals surface area contributed by atoms with Gasteiger partial charge in [-0.1, -0.05) is 25.4 Å². The molecule has 0 N–H and O–H groups in total. The Hall–Kier alpha value is -1.02. The molecule has 0 fully saturated rings. The van der Waals surface area contributed by atoms with Crippen molar-refractivity contribution in [3.05, 3.63) is 35.2 Å². The summed E-state index contributed by atoms with van der Waals surface area (Å²) in [5, 5.41) is 0.725. The molecular formula is C10H13ClN2. The van der Waals surface area contributed by atoms with Crippen molar-refractivity contribution in [1.82, 2.24) is 9.38 Å². The van der Waals surface area contributed by atoms with Crippen LogP contribution < -0.4 is 0 Å². The first-order valence-electron chi connectivity index (χ1n) is 4.36. The van der Waals surface area contributed by atoms with Crippen molar-refractivity contribution in [3.63, 3.8) is 0 Å². The van der Waals surface area contributed by atoms with Crippen LogP contribution in [0, 0.1) is 6.92 Å². The minimum absolute atomic E-state index is 0.725. The van der Waals surface area contributed by atoms with Crippen LogP contribution in [0.5, 0.6) is 0 Å². The molecule has 2 heterocycles. The van der Waals surface area contributed by atoms with Gasteiger partial charge in [0.05, 0.1) is 0 Å². The zero-order valence-corrected chi connectivity index (χ0v) is 8.84. The molecule has 2 aromatic rings. The lowest BCUT2D eigenvalue weighted by Crippen LogP contribution is -1.84. The summed E-state index contributed by atoms with van der Waals surface area (Å²) in [6.07, 6.45) is 3.74. The van der Waals surface area contributed by atoms with Gasteiger partial charge < -0.3 is 4.40 Å². The van der Waals surface area contributed by atoms with Gasteiger partial charge in [-0.15, -0.1) is 0 Å². The highest BCUT2D eigenvalue weighted by Gasteiger charge is 1.97. The Morgan fingerprint density at radius 3 is 2.77 bits per heavy atom. The van der Waals surface area contributed by atoms with E-state index in [1.165, 1.54) is 0 Å². The molecule has 0 bridgehead atoms. The number of pyridine rings is 1. The Morgan fingerprint density at radius 2 is 2.08 bits per heavy atom. The summed E-state index contributed by atoms with van der Waals surface area (Å²) in [7, 11) is 0. The molecule has 3 heteroatoms. The maximum Gasteiger partial charge on any atom is 0.138 e. The molecule has 0 saturated heterocycles. The number of nitrogens with zero attached hydrogens (tertiary/aromatic N) is 2. The Balaban J connectivity index is 0.000000396. The first kappa shape index (κ1) is 10.1. The first-order valence-corrected chi connectivity index (χ1v) is 4.74. The van der Waals surface area contributed by atoms with Crippen LogP contribution in [0.25, 0.3) is 5.65 Å². The van der Waals surface area contributed by atoms with Gasteiger partial charge in [-0.2, -0.15) is 0 Å². The first-order chi connectivity index (χ1) is 6.27. The van der Waals surface area contributed by atoms with E-state index < -0.39 is 0 Å². The van der Waals surface area contributed by atoms with Gasteiger partial charge in [-0.05, 0) is 19.1 Å². The summed E-state index contributed by atoms with van der Waals surface area (Å²) in [6, 6.07) is 3.69. The second kappa shape index (κ2) is 4.28. The number of aromatic nitrogens is 2. The van der Waals surface area contributed by atoms with E-state index in [9.17, 15) is 0 Å². The topological polar surface area (TPSA) is 17.3 Å². The SMILES string of the molecule is CC.Cc1cnc2cc(Cl)ccn12. The number of aryl methyl sites for hydroxylation is 1. The molecule has 0 amide bonds. The fourth-order valence-electron chi connectivity index (χ4n) is 1.08. The molecule has 13 heavy (non-hydrogen) atoms. The van der Waals surface area contributed by atoms with Gasteiger partial charge in [0.15, 0.2) is 0 Å². The lowest BCUT2D eigenvalue weighted by atomic mass is 10.4. The average Bonchev–Trinajstić information content (AvgIpc) is 2.51. The number of hydrogen-bond donors (Lipinski definition) is 0. The molecule has 0 aromatic carbocycles. The molecule has 0 spiro atoms. The third-order valence-electron chi connectivity index (χ3n) is 1.66. The second-order valence-electron chi connectivity index (χ2n) is 2.47. The van der Waals surface area contributed by atoms with Crippen LogP contribution in [0.3, 0.4) is 0 Å². The summed E-state index contributed by atoms with van der Waals surface area (Å²) >= 11 is 5.77. The van der Waals surface area contributed by atoms with E-state index >= 15 is 0 Å². The van der Waals surface area contributed by atoms with Crippen molar-refractivity contribution in [3.8, 4) is 0 Å². The van der Waals surface area contributed by atoms with Crippen LogP contribution in [-0.2, 0) is 0 Å². The van der Waals surface area contributed by atoms with Gasteiger partial charge in [-0.3, -0.25) is 0 Å². The van der Waals surface area contributed by atoms with E-state index in [2.05, 4.69) is 4.98 Å². The lowest BCUT2D eigenvalue weighted by Gasteiger charge is -1.94. The van der Waals surface area contributed by atoms with Crippen molar-refractivity contribution in [2.24, 2.45) is 0 Å². The summed E-state index contributed by atoms with van der Waals surface area (Å²) in [6.45, 7) is 6.01. The van der Waals surface area contributed by atoms with Crippen molar-refractivity contribution >= 4 is 17.2 Å². The maximum absolute atomic E-state index is 5.77. The number of halogens is 1. The minimum atomic E-state index is 0.725. The van der Waals surface area contributed by atoms with Gasteiger partial charge in [0.1, 0.15) is 5.65 Å². The molecule has 0 aliphatic heterocycles. The summed E-state index contributed by atoms with van der Waals surface area (Å²) < 4.78 is 1.99. The predicted molar refractivity (Wildman–Crippen MR) is 56.3 cm³/mol. The lowest BCUT2D eigenvalue weighted by molar-refractivity contribution is 1.11. The normalized spacial score (nSPS) is 9.54. The van der Waals surface area contributed by atoms with Crippen LogP contribution in [0.1, 0.15) is 19.5 Å². The third kappa shape index (κ3) is 2.01. The Labute approximate surface area is 83.2 Å². The summed E-state index contributed by atoms with van der Waals surface area (Å²) in [4.78, 5) is 4.16. The molecule has 0 saturated carbocycles. The largest absolute Gasteiger partial charge is 0.304 e. The van der Waals surface area contributed by atoms with Crippen LogP contribution in [-0.4, -0.2) is 9.38 Å². The van der Waals surface area contributed by atoms with Crippen molar-refractivity contribution in [2.75, 3.05) is 0 Å². The van der Waals surface area contributed by atoms with Crippen molar-refractivity contribution < 1.29 is 0 Å². The fraction of sp³-hybridized carbons (Fsp3) is 0.300. The van der Waals surface area contributed by atoms with E-state index in [0.29, 0.717) is 0 Å². The van der Waals surface area contributed by atoms with Crippen molar-refractivity contribution in [1.29, 1.82) is 0 Å². The quantitative estimate of drug-likeness (QED) is 0.632. The van der Waals surface area contributed by atoms with Gasteiger partial charge in [0.2, 0.25) is 0 Å². The average molecular weight is 197 g/mol. The number of rotatable bonds is 0. The fourth-order valence-corrected chi connectivity index (χ4v) is 1.24.